The summed E-state index contributed by atoms with van der Waals surface area (Å²) in [6, 6.07) is 0.705. The lowest BCUT2D eigenvalue weighted by atomic mass is 9.97. The van der Waals surface area contributed by atoms with Gasteiger partial charge in [-0.1, -0.05) is 20.8 Å². The van der Waals surface area contributed by atoms with Crippen molar-refractivity contribution < 1.29 is 0 Å². The Morgan fingerprint density at radius 3 is 2.71 bits per heavy atom. The second-order valence-corrected chi connectivity index (χ2v) is 4.88. The van der Waals surface area contributed by atoms with Crippen LogP contribution in [0.1, 0.15) is 40.0 Å². The van der Waals surface area contributed by atoms with Crippen molar-refractivity contribution in [3.05, 3.63) is 0 Å². The zero-order valence-corrected chi connectivity index (χ0v) is 9.97. The summed E-state index contributed by atoms with van der Waals surface area (Å²) in [4.78, 5) is 0. The molecule has 0 spiro atoms. The van der Waals surface area contributed by atoms with E-state index in [0.29, 0.717) is 6.04 Å². The fourth-order valence-corrected chi connectivity index (χ4v) is 2.27. The molecule has 2 heteroatoms. The van der Waals surface area contributed by atoms with Crippen LogP contribution < -0.4 is 10.6 Å². The van der Waals surface area contributed by atoms with Crippen molar-refractivity contribution in [3.8, 4) is 0 Å². The van der Waals surface area contributed by atoms with Crippen LogP contribution in [0.25, 0.3) is 0 Å². The first kappa shape index (κ1) is 12.0. The molecule has 2 nitrogen and oxygen atoms in total. The van der Waals surface area contributed by atoms with Gasteiger partial charge in [-0.3, -0.25) is 0 Å². The van der Waals surface area contributed by atoms with E-state index in [2.05, 4.69) is 31.4 Å². The molecule has 2 N–H and O–H groups in total. The van der Waals surface area contributed by atoms with E-state index in [1.54, 1.807) is 0 Å². The molecule has 2 atom stereocenters. The summed E-state index contributed by atoms with van der Waals surface area (Å²) in [5.74, 6) is 1.62. The van der Waals surface area contributed by atoms with Gasteiger partial charge in [-0.15, -0.1) is 0 Å². The van der Waals surface area contributed by atoms with E-state index in [1.807, 2.05) is 0 Å². The van der Waals surface area contributed by atoms with Crippen LogP contribution in [-0.2, 0) is 0 Å². The average molecular weight is 198 g/mol. The molecule has 1 saturated heterocycles. The normalized spacial score (nSPS) is 25.3. The maximum absolute atomic E-state index is 3.70. The lowest BCUT2D eigenvalue weighted by molar-refractivity contribution is 0.313. The highest BCUT2D eigenvalue weighted by atomic mass is 14.9. The lowest BCUT2D eigenvalue weighted by Crippen LogP contribution is -2.41. The van der Waals surface area contributed by atoms with Crippen LogP contribution in [0.3, 0.4) is 0 Å². The quantitative estimate of drug-likeness (QED) is 0.706. The fraction of sp³-hybridized carbons (Fsp3) is 1.00. The molecule has 2 unspecified atom stereocenters. The van der Waals surface area contributed by atoms with Gasteiger partial charge in [0, 0.05) is 6.04 Å². The van der Waals surface area contributed by atoms with Crippen LogP contribution in [0.15, 0.2) is 0 Å². The van der Waals surface area contributed by atoms with Crippen LogP contribution in [0.2, 0.25) is 0 Å². The van der Waals surface area contributed by atoms with Crippen molar-refractivity contribution in [2.24, 2.45) is 11.8 Å². The SMILES string of the molecule is CCC(NCC1CCCNC1)C(C)C. The summed E-state index contributed by atoms with van der Waals surface area (Å²) in [5, 5.41) is 7.16. The van der Waals surface area contributed by atoms with E-state index in [1.165, 1.54) is 38.9 Å². The maximum atomic E-state index is 3.70. The number of hydrogen-bond donors (Lipinski definition) is 2. The lowest BCUT2D eigenvalue weighted by Gasteiger charge is -2.27. The third-order valence-corrected chi connectivity index (χ3v) is 3.31. The smallest absolute Gasteiger partial charge is 0.00875 e. The molecule has 0 aromatic rings. The van der Waals surface area contributed by atoms with Gasteiger partial charge in [0.1, 0.15) is 0 Å². The minimum absolute atomic E-state index is 0.705. The highest BCUT2D eigenvalue weighted by molar-refractivity contribution is 4.75. The molecular formula is C12H26N2. The Balaban J connectivity index is 2.16. The standard InChI is InChI=1S/C12H26N2/c1-4-12(10(2)3)14-9-11-6-5-7-13-8-11/h10-14H,4-9H2,1-3H3. The van der Waals surface area contributed by atoms with Gasteiger partial charge < -0.3 is 10.6 Å². The third kappa shape index (κ3) is 3.97. The van der Waals surface area contributed by atoms with Crippen LogP contribution in [-0.4, -0.2) is 25.7 Å². The summed E-state index contributed by atoms with van der Waals surface area (Å²) >= 11 is 0. The predicted octanol–water partition coefficient (Wildman–Crippen LogP) is 2.01. The summed E-state index contributed by atoms with van der Waals surface area (Å²) in [6.07, 6.45) is 4.00. The van der Waals surface area contributed by atoms with Gasteiger partial charge >= 0.3 is 0 Å². The minimum atomic E-state index is 0.705. The Morgan fingerprint density at radius 1 is 1.43 bits per heavy atom. The molecule has 84 valence electrons. The van der Waals surface area contributed by atoms with Crippen molar-refractivity contribution in [2.45, 2.75) is 46.1 Å². The minimum Gasteiger partial charge on any atom is -0.316 e. The Morgan fingerprint density at radius 2 is 2.21 bits per heavy atom. The van der Waals surface area contributed by atoms with Gasteiger partial charge in [0.15, 0.2) is 0 Å². The predicted molar refractivity (Wildman–Crippen MR) is 62.5 cm³/mol. The zero-order chi connectivity index (χ0) is 10.4. The van der Waals surface area contributed by atoms with Crippen molar-refractivity contribution >= 4 is 0 Å². The summed E-state index contributed by atoms with van der Waals surface area (Å²) in [6.45, 7) is 10.5. The van der Waals surface area contributed by atoms with Gasteiger partial charge in [0.05, 0.1) is 0 Å². The van der Waals surface area contributed by atoms with Crippen LogP contribution in [0, 0.1) is 11.8 Å². The van der Waals surface area contributed by atoms with Gasteiger partial charge in [0.2, 0.25) is 0 Å². The second kappa shape index (κ2) is 6.41. The topological polar surface area (TPSA) is 24.1 Å². The molecule has 1 aliphatic heterocycles. The Labute approximate surface area is 88.8 Å². The molecule has 0 aromatic heterocycles. The molecule has 1 heterocycles. The second-order valence-electron chi connectivity index (χ2n) is 4.88. The van der Waals surface area contributed by atoms with Crippen molar-refractivity contribution in [1.82, 2.24) is 10.6 Å². The van der Waals surface area contributed by atoms with Crippen molar-refractivity contribution in [3.63, 3.8) is 0 Å². The first-order valence-electron chi connectivity index (χ1n) is 6.18. The van der Waals surface area contributed by atoms with E-state index in [-0.39, 0.29) is 0 Å². The first-order chi connectivity index (χ1) is 6.74. The number of piperidine rings is 1. The molecule has 0 radical (unpaired) electrons. The molecule has 1 aliphatic rings. The van der Waals surface area contributed by atoms with Crippen LogP contribution >= 0.6 is 0 Å². The molecule has 0 aliphatic carbocycles. The van der Waals surface area contributed by atoms with Gasteiger partial charge in [0.25, 0.3) is 0 Å². The van der Waals surface area contributed by atoms with Crippen LogP contribution in [0.5, 0.6) is 0 Å². The first-order valence-corrected chi connectivity index (χ1v) is 6.18. The number of nitrogens with one attached hydrogen (secondary N) is 2. The molecule has 1 rings (SSSR count). The molecule has 0 bridgehead atoms. The monoisotopic (exact) mass is 198 g/mol. The van der Waals surface area contributed by atoms with Gasteiger partial charge in [-0.05, 0) is 50.7 Å². The fourth-order valence-electron chi connectivity index (χ4n) is 2.27. The van der Waals surface area contributed by atoms with E-state index < -0.39 is 0 Å². The van der Waals surface area contributed by atoms with Gasteiger partial charge in [-0.25, -0.2) is 0 Å². The molecule has 0 aromatic carbocycles. The van der Waals surface area contributed by atoms with E-state index in [4.69, 9.17) is 0 Å². The van der Waals surface area contributed by atoms with E-state index in [0.717, 1.165) is 11.8 Å². The van der Waals surface area contributed by atoms with E-state index in [9.17, 15) is 0 Å². The summed E-state index contributed by atoms with van der Waals surface area (Å²) in [5.41, 5.74) is 0. The Kier molecular flexibility index (Phi) is 5.49. The van der Waals surface area contributed by atoms with Crippen molar-refractivity contribution in [2.75, 3.05) is 19.6 Å². The third-order valence-electron chi connectivity index (χ3n) is 3.31. The molecule has 14 heavy (non-hydrogen) atoms. The Bertz CT molecular complexity index is 139. The highest BCUT2D eigenvalue weighted by Crippen LogP contribution is 2.11. The summed E-state index contributed by atoms with van der Waals surface area (Å²) < 4.78 is 0. The average Bonchev–Trinajstić information content (AvgIpc) is 2.20. The van der Waals surface area contributed by atoms with Gasteiger partial charge in [-0.2, -0.15) is 0 Å². The van der Waals surface area contributed by atoms with Crippen molar-refractivity contribution in [1.29, 1.82) is 0 Å². The summed E-state index contributed by atoms with van der Waals surface area (Å²) in [7, 11) is 0. The Hall–Kier alpha value is -0.0800. The zero-order valence-electron chi connectivity index (χ0n) is 9.97. The number of hydrogen-bond acceptors (Lipinski definition) is 2. The number of rotatable bonds is 5. The molecule has 1 fully saturated rings. The molecule has 0 saturated carbocycles. The molecule has 0 amide bonds. The van der Waals surface area contributed by atoms with E-state index >= 15 is 0 Å². The maximum Gasteiger partial charge on any atom is 0.00875 e. The highest BCUT2D eigenvalue weighted by Gasteiger charge is 2.15. The molecular weight excluding hydrogens is 172 g/mol. The van der Waals surface area contributed by atoms with Crippen LogP contribution in [0.4, 0.5) is 0 Å². The largest absolute Gasteiger partial charge is 0.316 e.